The second kappa shape index (κ2) is 9.73. The van der Waals surface area contributed by atoms with Crippen LogP contribution in [0.4, 0.5) is 0 Å². The molecule has 0 saturated carbocycles. The minimum absolute atomic E-state index is 0.0372. The van der Waals surface area contributed by atoms with Gasteiger partial charge in [-0.3, -0.25) is 14.3 Å². The molecule has 1 aromatic heterocycles. The molecule has 32 heavy (non-hydrogen) atoms. The molecule has 0 spiro atoms. The number of rotatable bonds is 2. The number of aromatic nitrogens is 2. The third-order valence-electron chi connectivity index (χ3n) is 6.90. The summed E-state index contributed by atoms with van der Waals surface area (Å²) in [6.07, 6.45) is 5.86. The number of hydrogen-bond acceptors (Lipinski definition) is 5. The van der Waals surface area contributed by atoms with E-state index in [0.29, 0.717) is 49.8 Å². The molecule has 1 N–H and O–H groups in total. The Bertz CT molecular complexity index is 949. The number of ether oxygens (including phenoxy) is 1. The quantitative estimate of drug-likeness (QED) is 0.775. The molecular weight excluding hydrogens is 408 g/mol. The molecule has 8 nitrogen and oxygen atoms in total. The number of hydrogen-bond donors (Lipinski definition) is 1. The van der Waals surface area contributed by atoms with Crippen LogP contribution in [0.1, 0.15) is 53.0 Å². The van der Waals surface area contributed by atoms with Gasteiger partial charge in [0.25, 0.3) is 11.8 Å². The predicted octanol–water partition coefficient (Wildman–Crippen LogP) is 2.34. The molecule has 8 heteroatoms. The molecule has 1 fully saturated rings. The number of para-hydroxylation sites is 1. The molecule has 0 unspecified atom stereocenters. The minimum Gasteiger partial charge on any atom is -0.491 e. The Morgan fingerprint density at radius 3 is 2.59 bits per heavy atom. The normalized spacial score (nSPS) is 19.6. The summed E-state index contributed by atoms with van der Waals surface area (Å²) in [5.41, 5.74) is 0.935. The van der Waals surface area contributed by atoms with Gasteiger partial charge in [-0.05, 0) is 49.3 Å². The molecule has 2 bridgehead atoms. The number of aliphatic hydroxyl groups is 1. The third kappa shape index (κ3) is 4.65. The number of fused-ring (bicyclic) bond motifs is 9. The van der Waals surface area contributed by atoms with Gasteiger partial charge in [0.05, 0.1) is 12.1 Å². The Hall–Kier alpha value is -2.87. The molecule has 5 rings (SSSR count). The van der Waals surface area contributed by atoms with Crippen molar-refractivity contribution in [2.45, 2.75) is 32.1 Å². The summed E-state index contributed by atoms with van der Waals surface area (Å²) in [6, 6.07) is 9.02. The van der Waals surface area contributed by atoms with Gasteiger partial charge in [-0.1, -0.05) is 18.6 Å². The van der Waals surface area contributed by atoms with Crippen molar-refractivity contribution in [3.63, 3.8) is 0 Å². The van der Waals surface area contributed by atoms with E-state index in [2.05, 4.69) is 5.10 Å². The molecule has 3 aliphatic heterocycles. The van der Waals surface area contributed by atoms with Gasteiger partial charge in [-0.25, -0.2) is 0 Å². The highest BCUT2D eigenvalue weighted by atomic mass is 16.5. The number of aryl methyl sites for hydroxylation is 1. The number of carbonyl (C=O) groups is 2. The highest BCUT2D eigenvalue weighted by Crippen LogP contribution is 2.37. The fourth-order valence-electron chi connectivity index (χ4n) is 4.74. The van der Waals surface area contributed by atoms with Gasteiger partial charge in [0, 0.05) is 39.5 Å². The summed E-state index contributed by atoms with van der Waals surface area (Å²) in [5.74, 6) is 0.426. The van der Waals surface area contributed by atoms with Crippen LogP contribution in [0.3, 0.4) is 0 Å². The van der Waals surface area contributed by atoms with Crippen LogP contribution in [-0.4, -0.2) is 75.9 Å². The molecule has 172 valence electrons. The lowest BCUT2D eigenvalue weighted by molar-refractivity contribution is 0.0297. The van der Waals surface area contributed by atoms with E-state index in [1.807, 2.05) is 17.0 Å². The number of aliphatic hydroxyl groups excluding tert-OH is 1. The van der Waals surface area contributed by atoms with Gasteiger partial charge < -0.3 is 19.6 Å². The monoisotopic (exact) mass is 440 g/mol. The van der Waals surface area contributed by atoms with Crippen LogP contribution in [-0.2, 0) is 7.05 Å². The topological polar surface area (TPSA) is 87.9 Å². The first-order valence-electron chi connectivity index (χ1n) is 11.4. The van der Waals surface area contributed by atoms with Crippen molar-refractivity contribution in [1.29, 1.82) is 0 Å². The fraction of sp³-hybridized carbons (Fsp3) is 0.542. The summed E-state index contributed by atoms with van der Waals surface area (Å²) in [7, 11) is 1.76. The van der Waals surface area contributed by atoms with Crippen molar-refractivity contribution in [2.24, 2.45) is 12.5 Å². The van der Waals surface area contributed by atoms with Gasteiger partial charge in [0.1, 0.15) is 18.1 Å². The maximum atomic E-state index is 13.2. The van der Waals surface area contributed by atoms with Crippen LogP contribution < -0.4 is 4.74 Å². The lowest BCUT2D eigenvalue weighted by Crippen LogP contribution is -2.44. The van der Waals surface area contributed by atoms with Crippen LogP contribution in [0.15, 0.2) is 36.5 Å². The maximum Gasteiger partial charge on any atom is 0.272 e. The third-order valence-corrected chi connectivity index (χ3v) is 6.90. The number of piperidine rings is 1. The van der Waals surface area contributed by atoms with E-state index in [1.165, 1.54) is 0 Å². The summed E-state index contributed by atoms with van der Waals surface area (Å²) >= 11 is 0. The van der Waals surface area contributed by atoms with Gasteiger partial charge in [0.2, 0.25) is 0 Å². The Morgan fingerprint density at radius 2 is 1.88 bits per heavy atom. The lowest BCUT2D eigenvalue weighted by atomic mass is 9.75. The SMILES string of the molecule is Cn1nccc1C(=O)N1CCCCC2(CO)CCN(CC2)C(=O)c2ccccc2OCC1. The van der Waals surface area contributed by atoms with Crippen LogP contribution >= 0.6 is 0 Å². The standard InChI is InChI=1S/C24H32N4O4/c1-26-20(8-12-25-26)23(31)27-13-5-4-9-24(18-29)10-14-28(15-11-24)22(30)19-6-2-3-7-21(19)32-17-16-27/h2-3,6-8,12,29H,4-5,9-11,13-18H2,1H3. The second-order valence-electron chi connectivity index (χ2n) is 8.88. The number of nitrogens with zero attached hydrogens (tertiary/aromatic N) is 4. The first-order valence-corrected chi connectivity index (χ1v) is 11.4. The molecule has 0 aliphatic carbocycles. The van der Waals surface area contributed by atoms with E-state index in [-0.39, 0.29) is 23.8 Å². The van der Waals surface area contributed by atoms with E-state index in [0.717, 1.165) is 32.1 Å². The molecule has 0 radical (unpaired) electrons. The molecule has 4 heterocycles. The molecule has 1 aromatic carbocycles. The summed E-state index contributed by atoms with van der Waals surface area (Å²) in [4.78, 5) is 30.0. The maximum absolute atomic E-state index is 13.2. The first kappa shape index (κ1) is 22.3. The van der Waals surface area contributed by atoms with E-state index >= 15 is 0 Å². The smallest absolute Gasteiger partial charge is 0.272 e. The van der Waals surface area contributed by atoms with Gasteiger partial charge in [0.15, 0.2) is 0 Å². The molecule has 1 saturated heterocycles. The fourth-order valence-corrected chi connectivity index (χ4v) is 4.74. The minimum atomic E-state index is -0.149. The molecule has 2 aromatic rings. The largest absolute Gasteiger partial charge is 0.491 e. The van der Waals surface area contributed by atoms with E-state index < -0.39 is 0 Å². The van der Waals surface area contributed by atoms with E-state index in [1.54, 1.807) is 41.0 Å². The molecular formula is C24H32N4O4. The van der Waals surface area contributed by atoms with E-state index in [4.69, 9.17) is 4.74 Å². The highest BCUT2D eigenvalue weighted by molar-refractivity contribution is 5.97. The van der Waals surface area contributed by atoms with Crippen molar-refractivity contribution in [3.8, 4) is 5.75 Å². The molecule has 2 amide bonds. The number of amides is 2. The zero-order chi connectivity index (χ0) is 22.6. The van der Waals surface area contributed by atoms with Gasteiger partial charge in [-0.2, -0.15) is 5.10 Å². The zero-order valence-electron chi connectivity index (χ0n) is 18.7. The molecule has 3 aliphatic rings. The van der Waals surface area contributed by atoms with Crippen LogP contribution in [0.5, 0.6) is 5.75 Å². The Kier molecular flexibility index (Phi) is 6.79. The summed E-state index contributed by atoms with van der Waals surface area (Å²) in [6.45, 7) is 2.74. The van der Waals surface area contributed by atoms with Crippen molar-refractivity contribution in [1.82, 2.24) is 19.6 Å². The van der Waals surface area contributed by atoms with Crippen molar-refractivity contribution in [2.75, 3.05) is 39.4 Å². The van der Waals surface area contributed by atoms with Crippen molar-refractivity contribution < 1.29 is 19.4 Å². The van der Waals surface area contributed by atoms with Gasteiger partial charge in [-0.15, -0.1) is 0 Å². The van der Waals surface area contributed by atoms with Crippen LogP contribution in [0.2, 0.25) is 0 Å². The van der Waals surface area contributed by atoms with Crippen molar-refractivity contribution >= 4 is 11.8 Å². The second-order valence-corrected chi connectivity index (χ2v) is 8.88. The Morgan fingerprint density at radius 1 is 1.09 bits per heavy atom. The Balaban J connectivity index is 1.58. The summed E-state index contributed by atoms with van der Waals surface area (Å²) < 4.78 is 7.59. The lowest BCUT2D eigenvalue weighted by Gasteiger charge is -2.41. The summed E-state index contributed by atoms with van der Waals surface area (Å²) in [5, 5.41) is 14.3. The number of benzene rings is 1. The highest BCUT2D eigenvalue weighted by Gasteiger charge is 2.36. The average Bonchev–Trinajstić information content (AvgIpc) is 3.25. The predicted molar refractivity (Wildman–Crippen MR) is 120 cm³/mol. The van der Waals surface area contributed by atoms with E-state index in [9.17, 15) is 14.7 Å². The van der Waals surface area contributed by atoms with Crippen LogP contribution in [0.25, 0.3) is 0 Å². The zero-order valence-corrected chi connectivity index (χ0v) is 18.7. The first-order chi connectivity index (χ1) is 15.5. The average molecular weight is 441 g/mol. The van der Waals surface area contributed by atoms with Gasteiger partial charge >= 0.3 is 0 Å². The number of carbonyl (C=O) groups excluding carboxylic acids is 2. The Labute approximate surface area is 188 Å². The molecule has 0 atom stereocenters. The van der Waals surface area contributed by atoms with Crippen LogP contribution in [0, 0.1) is 5.41 Å². The van der Waals surface area contributed by atoms with Crippen molar-refractivity contribution in [3.05, 3.63) is 47.8 Å².